The van der Waals surface area contributed by atoms with Crippen LogP contribution in [-0.4, -0.2) is 40.0 Å². The van der Waals surface area contributed by atoms with Crippen molar-refractivity contribution in [3.05, 3.63) is 29.0 Å². The molecule has 0 aliphatic carbocycles. The number of rotatable bonds is 4. The molecule has 1 N–H and O–H groups in total. The third-order valence-electron chi connectivity index (χ3n) is 3.96. The van der Waals surface area contributed by atoms with Gasteiger partial charge in [-0.05, 0) is 31.9 Å². The van der Waals surface area contributed by atoms with Gasteiger partial charge in [0.15, 0.2) is 10.8 Å². The van der Waals surface area contributed by atoms with Gasteiger partial charge in [0.25, 0.3) is 0 Å². The molecule has 0 aromatic carbocycles. The maximum Gasteiger partial charge on any atom is 0.308 e. The Morgan fingerprint density at radius 3 is 3.00 bits per heavy atom. The SMILES string of the molecule is Cc1ccc(-c2nc(CC(=O)N3CCCC(C(=O)O)C3)cs2)o1. The van der Waals surface area contributed by atoms with Gasteiger partial charge in [0.1, 0.15) is 5.76 Å². The number of aryl methyl sites for hydroxylation is 1. The molecule has 1 unspecified atom stereocenters. The van der Waals surface area contributed by atoms with Gasteiger partial charge in [0.05, 0.1) is 18.0 Å². The van der Waals surface area contributed by atoms with E-state index >= 15 is 0 Å². The van der Waals surface area contributed by atoms with Crippen LogP contribution in [0.5, 0.6) is 0 Å². The van der Waals surface area contributed by atoms with Gasteiger partial charge >= 0.3 is 5.97 Å². The Morgan fingerprint density at radius 1 is 1.48 bits per heavy atom. The molecular weight excluding hydrogens is 316 g/mol. The number of carboxylic acid groups (broad SMARTS) is 1. The van der Waals surface area contributed by atoms with Gasteiger partial charge in [-0.25, -0.2) is 4.98 Å². The van der Waals surface area contributed by atoms with Crippen molar-refractivity contribution >= 4 is 23.2 Å². The van der Waals surface area contributed by atoms with Gasteiger partial charge in [-0.15, -0.1) is 11.3 Å². The Bertz CT molecular complexity index is 721. The lowest BCUT2D eigenvalue weighted by molar-refractivity contribution is -0.145. The summed E-state index contributed by atoms with van der Waals surface area (Å²) in [7, 11) is 0. The first-order valence-corrected chi connectivity index (χ1v) is 8.42. The number of aliphatic carboxylic acids is 1. The lowest BCUT2D eigenvalue weighted by atomic mass is 9.98. The molecule has 0 spiro atoms. The highest BCUT2D eigenvalue weighted by atomic mass is 32.1. The Morgan fingerprint density at radius 2 is 2.30 bits per heavy atom. The van der Waals surface area contributed by atoms with Gasteiger partial charge < -0.3 is 14.4 Å². The quantitative estimate of drug-likeness (QED) is 0.929. The molecule has 23 heavy (non-hydrogen) atoms. The summed E-state index contributed by atoms with van der Waals surface area (Å²) in [6.07, 6.45) is 1.57. The van der Waals surface area contributed by atoms with E-state index in [0.717, 1.165) is 17.2 Å². The normalized spacial score (nSPS) is 18.1. The molecule has 7 heteroatoms. The molecule has 3 heterocycles. The van der Waals surface area contributed by atoms with Gasteiger partial charge in [-0.1, -0.05) is 0 Å². The minimum absolute atomic E-state index is 0.0663. The van der Waals surface area contributed by atoms with Crippen molar-refractivity contribution in [2.24, 2.45) is 5.92 Å². The molecule has 1 fully saturated rings. The first-order valence-electron chi connectivity index (χ1n) is 7.54. The largest absolute Gasteiger partial charge is 0.481 e. The van der Waals surface area contributed by atoms with Crippen molar-refractivity contribution in [3.8, 4) is 10.8 Å². The molecule has 1 atom stereocenters. The zero-order chi connectivity index (χ0) is 16.4. The molecule has 1 amide bonds. The van der Waals surface area contributed by atoms with E-state index in [1.54, 1.807) is 4.90 Å². The van der Waals surface area contributed by atoms with Gasteiger partial charge in [-0.2, -0.15) is 0 Å². The first kappa shape index (κ1) is 15.7. The lowest BCUT2D eigenvalue weighted by Gasteiger charge is -2.30. The third kappa shape index (κ3) is 3.61. The number of hydrogen-bond acceptors (Lipinski definition) is 5. The van der Waals surface area contributed by atoms with Crippen molar-refractivity contribution in [1.29, 1.82) is 0 Å². The van der Waals surface area contributed by atoms with Crippen molar-refractivity contribution < 1.29 is 19.1 Å². The number of likely N-dealkylation sites (tertiary alicyclic amines) is 1. The number of hydrogen-bond donors (Lipinski definition) is 1. The van der Waals surface area contributed by atoms with Crippen LogP contribution in [0.1, 0.15) is 24.3 Å². The van der Waals surface area contributed by atoms with E-state index in [1.165, 1.54) is 11.3 Å². The fourth-order valence-electron chi connectivity index (χ4n) is 2.72. The maximum atomic E-state index is 12.4. The number of nitrogens with zero attached hydrogens (tertiary/aromatic N) is 2. The van der Waals surface area contributed by atoms with Gasteiger partial charge in [0, 0.05) is 18.5 Å². The van der Waals surface area contributed by atoms with E-state index in [9.17, 15) is 9.59 Å². The van der Waals surface area contributed by atoms with Crippen LogP contribution in [0.3, 0.4) is 0 Å². The highest BCUT2D eigenvalue weighted by Gasteiger charge is 2.28. The average Bonchev–Trinajstić information content (AvgIpc) is 3.16. The molecule has 0 bridgehead atoms. The van der Waals surface area contributed by atoms with Crippen LogP contribution in [0, 0.1) is 12.8 Å². The molecule has 2 aromatic rings. The fourth-order valence-corrected chi connectivity index (χ4v) is 3.50. The topological polar surface area (TPSA) is 83.6 Å². The second kappa shape index (κ2) is 6.54. The third-order valence-corrected chi connectivity index (χ3v) is 4.86. The summed E-state index contributed by atoms with van der Waals surface area (Å²) in [5.41, 5.74) is 0.696. The lowest BCUT2D eigenvalue weighted by Crippen LogP contribution is -2.43. The van der Waals surface area contributed by atoms with E-state index < -0.39 is 11.9 Å². The smallest absolute Gasteiger partial charge is 0.308 e. The summed E-state index contributed by atoms with van der Waals surface area (Å²) in [5.74, 6) is 0.177. The number of carbonyl (C=O) groups is 2. The molecule has 0 radical (unpaired) electrons. The zero-order valence-corrected chi connectivity index (χ0v) is 13.6. The molecule has 3 rings (SSSR count). The Kier molecular flexibility index (Phi) is 4.47. The van der Waals surface area contributed by atoms with Crippen LogP contribution in [0.15, 0.2) is 21.9 Å². The van der Waals surface area contributed by atoms with Crippen molar-refractivity contribution in [2.45, 2.75) is 26.2 Å². The van der Waals surface area contributed by atoms with Crippen molar-refractivity contribution in [2.75, 3.05) is 13.1 Å². The van der Waals surface area contributed by atoms with Crippen molar-refractivity contribution in [3.63, 3.8) is 0 Å². The van der Waals surface area contributed by atoms with Crippen LogP contribution in [0.25, 0.3) is 10.8 Å². The highest BCUT2D eigenvalue weighted by Crippen LogP contribution is 2.26. The van der Waals surface area contributed by atoms with E-state index in [0.29, 0.717) is 31.0 Å². The molecule has 1 aliphatic rings. The number of piperidine rings is 1. The predicted octanol–water partition coefficient (Wildman–Crippen LogP) is 2.58. The highest BCUT2D eigenvalue weighted by molar-refractivity contribution is 7.13. The Hall–Kier alpha value is -2.15. The summed E-state index contributed by atoms with van der Waals surface area (Å²) >= 11 is 1.44. The minimum Gasteiger partial charge on any atom is -0.481 e. The van der Waals surface area contributed by atoms with Gasteiger partial charge in [0.2, 0.25) is 5.91 Å². The second-order valence-electron chi connectivity index (χ2n) is 5.75. The average molecular weight is 334 g/mol. The molecule has 122 valence electrons. The standard InChI is InChI=1S/C16H18N2O4S/c1-10-4-5-13(22-10)15-17-12(9-23-15)7-14(19)18-6-2-3-11(8-18)16(20)21/h4-5,9,11H,2-3,6-8H2,1H3,(H,20,21). The summed E-state index contributed by atoms with van der Waals surface area (Å²) in [6, 6.07) is 3.74. The number of amides is 1. The molecule has 2 aromatic heterocycles. The van der Waals surface area contributed by atoms with Crippen LogP contribution in [-0.2, 0) is 16.0 Å². The Balaban J connectivity index is 1.64. The summed E-state index contributed by atoms with van der Waals surface area (Å²) in [6.45, 7) is 2.79. The number of carboxylic acids is 1. The predicted molar refractivity (Wildman–Crippen MR) is 85.2 cm³/mol. The number of carbonyl (C=O) groups excluding carboxylic acids is 1. The number of aromatic nitrogens is 1. The Labute approximate surface area is 137 Å². The zero-order valence-electron chi connectivity index (χ0n) is 12.8. The van der Waals surface area contributed by atoms with E-state index in [1.807, 2.05) is 24.4 Å². The molecular formula is C16H18N2O4S. The minimum atomic E-state index is -0.827. The van der Waals surface area contributed by atoms with Crippen LogP contribution >= 0.6 is 11.3 Å². The number of furan rings is 1. The maximum absolute atomic E-state index is 12.4. The molecule has 1 aliphatic heterocycles. The summed E-state index contributed by atoms with van der Waals surface area (Å²) < 4.78 is 5.53. The van der Waals surface area contributed by atoms with Crippen LogP contribution < -0.4 is 0 Å². The second-order valence-corrected chi connectivity index (χ2v) is 6.61. The van der Waals surface area contributed by atoms with E-state index in [2.05, 4.69) is 4.98 Å². The fraction of sp³-hybridized carbons (Fsp3) is 0.438. The summed E-state index contributed by atoms with van der Waals surface area (Å²) in [5, 5.41) is 11.7. The van der Waals surface area contributed by atoms with Crippen molar-refractivity contribution in [1.82, 2.24) is 9.88 Å². The number of thiazole rings is 1. The van der Waals surface area contributed by atoms with Gasteiger partial charge in [-0.3, -0.25) is 9.59 Å². The van der Waals surface area contributed by atoms with Crippen LogP contribution in [0.4, 0.5) is 0 Å². The molecule has 1 saturated heterocycles. The summed E-state index contributed by atoms with van der Waals surface area (Å²) in [4.78, 5) is 29.5. The van der Waals surface area contributed by atoms with Crippen LogP contribution in [0.2, 0.25) is 0 Å². The monoisotopic (exact) mass is 334 g/mol. The first-order chi connectivity index (χ1) is 11.0. The molecule has 0 saturated carbocycles. The van der Waals surface area contributed by atoms with E-state index in [4.69, 9.17) is 9.52 Å². The van der Waals surface area contributed by atoms with E-state index in [-0.39, 0.29) is 12.3 Å². The molecule has 6 nitrogen and oxygen atoms in total.